The minimum absolute atomic E-state index is 0.0962. The molecule has 3 nitrogen and oxygen atoms in total. The number of hydrogen-bond donors (Lipinski definition) is 1. The van der Waals surface area contributed by atoms with Crippen LogP contribution in [0.25, 0.3) is 0 Å². The van der Waals surface area contributed by atoms with Gasteiger partial charge in [-0.25, -0.2) is 4.98 Å². The third kappa shape index (κ3) is 3.71. The highest BCUT2D eigenvalue weighted by atomic mass is 19.4. The Morgan fingerprint density at radius 3 is 2.55 bits per heavy atom. The summed E-state index contributed by atoms with van der Waals surface area (Å²) in [5.74, 6) is 0.337. The Kier molecular flexibility index (Phi) is 4.24. The van der Waals surface area contributed by atoms with Crippen LogP contribution in [0, 0.1) is 0 Å². The van der Waals surface area contributed by atoms with E-state index >= 15 is 0 Å². The van der Waals surface area contributed by atoms with Gasteiger partial charge in [0.05, 0.1) is 5.56 Å². The van der Waals surface area contributed by atoms with E-state index in [1.54, 1.807) is 18.3 Å². The first-order chi connectivity index (χ1) is 9.49. The molecule has 0 unspecified atom stereocenters. The van der Waals surface area contributed by atoms with Gasteiger partial charge in [0.2, 0.25) is 5.88 Å². The second-order valence-electron chi connectivity index (χ2n) is 4.17. The van der Waals surface area contributed by atoms with Gasteiger partial charge in [0.25, 0.3) is 0 Å². The van der Waals surface area contributed by atoms with Crippen molar-refractivity contribution in [2.24, 2.45) is 5.73 Å². The molecule has 0 aliphatic carbocycles. The Morgan fingerprint density at radius 1 is 1.15 bits per heavy atom. The molecule has 2 rings (SSSR count). The molecule has 0 aliphatic heterocycles. The van der Waals surface area contributed by atoms with Gasteiger partial charge in [0.1, 0.15) is 5.75 Å². The average Bonchev–Trinajstić information content (AvgIpc) is 2.41. The molecule has 2 N–H and O–H groups in total. The molecule has 0 saturated heterocycles. The van der Waals surface area contributed by atoms with Crippen LogP contribution in [0.5, 0.6) is 11.6 Å². The van der Waals surface area contributed by atoms with Crippen molar-refractivity contribution in [1.29, 1.82) is 0 Å². The number of halogens is 3. The van der Waals surface area contributed by atoms with E-state index in [2.05, 4.69) is 4.98 Å². The number of aromatic nitrogens is 1. The molecule has 106 valence electrons. The lowest BCUT2D eigenvalue weighted by Crippen LogP contribution is -2.04. The first kappa shape index (κ1) is 14.3. The summed E-state index contributed by atoms with van der Waals surface area (Å²) < 4.78 is 43.0. The summed E-state index contributed by atoms with van der Waals surface area (Å²) in [6.45, 7) is 0.509. The van der Waals surface area contributed by atoms with Crippen molar-refractivity contribution in [2.45, 2.75) is 12.6 Å². The SMILES string of the molecule is NCCc1ccc(Oc2cccc(C(F)(F)F)c2)nc1. The smallest absolute Gasteiger partial charge is 0.416 e. The fourth-order valence-electron chi connectivity index (χ4n) is 1.64. The Balaban J connectivity index is 2.13. The van der Waals surface area contributed by atoms with Gasteiger partial charge in [-0.1, -0.05) is 12.1 Å². The van der Waals surface area contributed by atoms with Crippen molar-refractivity contribution in [1.82, 2.24) is 4.98 Å². The monoisotopic (exact) mass is 282 g/mol. The van der Waals surface area contributed by atoms with Gasteiger partial charge in [-0.05, 0) is 36.7 Å². The van der Waals surface area contributed by atoms with Crippen molar-refractivity contribution >= 4 is 0 Å². The van der Waals surface area contributed by atoms with E-state index in [-0.39, 0.29) is 11.6 Å². The van der Waals surface area contributed by atoms with Crippen LogP contribution >= 0.6 is 0 Å². The molecule has 1 aromatic carbocycles. The van der Waals surface area contributed by atoms with Crippen LogP contribution < -0.4 is 10.5 Å². The third-order valence-electron chi connectivity index (χ3n) is 2.61. The van der Waals surface area contributed by atoms with Gasteiger partial charge < -0.3 is 10.5 Å². The predicted octanol–water partition coefficient (Wildman–Crippen LogP) is 3.39. The number of nitrogens with zero attached hydrogens (tertiary/aromatic N) is 1. The molecule has 0 radical (unpaired) electrons. The summed E-state index contributed by atoms with van der Waals surface area (Å²) in [5.41, 5.74) is 5.61. The molecule has 0 saturated carbocycles. The quantitative estimate of drug-likeness (QED) is 0.935. The van der Waals surface area contributed by atoms with Crippen LogP contribution in [-0.4, -0.2) is 11.5 Å². The van der Waals surface area contributed by atoms with E-state index in [0.29, 0.717) is 13.0 Å². The predicted molar refractivity (Wildman–Crippen MR) is 68.5 cm³/mol. The van der Waals surface area contributed by atoms with Crippen molar-refractivity contribution in [3.8, 4) is 11.6 Å². The van der Waals surface area contributed by atoms with Gasteiger partial charge in [0, 0.05) is 12.3 Å². The molecule has 0 fully saturated rings. The van der Waals surface area contributed by atoms with Gasteiger partial charge in [0.15, 0.2) is 0 Å². The number of rotatable bonds is 4. The van der Waals surface area contributed by atoms with Crippen LogP contribution in [-0.2, 0) is 12.6 Å². The van der Waals surface area contributed by atoms with Crippen molar-refractivity contribution in [2.75, 3.05) is 6.54 Å². The van der Waals surface area contributed by atoms with Crippen molar-refractivity contribution in [3.63, 3.8) is 0 Å². The lowest BCUT2D eigenvalue weighted by atomic mass is 10.2. The average molecular weight is 282 g/mol. The maximum atomic E-state index is 12.6. The molecule has 0 atom stereocenters. The molecular formula is C14H13F3N2O. The minimum atomic E-state index is -4.39. The molecule has 0 aliphatic rings. The Morgan fingerprint density at radius 2 is 1.95 bits per heavy atom. The summed E-state index contributed by atoms with van der Waals surface area (Å²) in [6.07, 6.45) is -2.11. The van der Waals surface area contributed by atoms with Crippen molar-refractivity contribution < 1.29 is 17.9 Å². The largest absolute Gasteiger partial charge is 0.439 e. The van der Waals surface area contributed by atoms with Gasteiger partial charge in [-0.2, -0.15) is 13.2 Å². The standard InChI is InChI=1S/C14H13F3N2O/c15-14(16,17)11-2-1-3-12(8-11)20-13-5-4-10(6-7-18)9-19-13/h1-5,8-9H,6-7,18H2. The number of alkyl halides is 3. The normalized spacial score (nSPS) is 11.4. The van der Waals surface area contributed by atoms with Crippen molar-refractivity contribution in [3.05, 3.63) is 53.7 Å². The molecule has 0 bridgehead atoms. The summed E-state index contributed by atoms with van der Waals surface area (Å²) in [6, 6.07) is 8.06. The first-order valence-corrected chi connectivity index (χ1v) is 5.99. The molecule has 0 amide bonds. The molecule has 0 spiro atoms. The number of ether oxygens (including phenoxy) is 1. The lowest BCUT2D eigenvalue weighted by molar-refractivity contribution is -0.137. The number of hydrogen-bond acceptors (Lipinski definition) is 3. The summed E-state index contributed by atoms with van der Waals surface area (Å²) >= 11 is 0. The second-order valence-corrected chi connectivity index (χ2v) is 4.17. The zero-order valence-corrected chi connectivity index (χ0v) is 10.5. The summed E-state index contributed by atoms with van der Waals surface area (Å²) in [7, 11) is 0. The summed E-state index contributed by atoms with van der Waals surface area (Å²) in [4.78, 5) is 4.03. The minimum Gasteiger partial charge on any atom is -0.439 e. The first-order valence-electron chi connectivity index (χ1n) is 5.99. The van der Waals surface area contributed by atoms with E-state index in [9.17, 15) is 13.2 Å². The third-order valence-corrected chi connectivity index (χ3v) is 2.61. The zero-order chi connectivity index (χ0) is 14.6. The van der Waals surface area contributed by atoms with E-state index in [1.165, 1.54) is 12.1 Å². The van der Waals surface area contributed by atoms with E-state index in [0.717, 1.165) is 17.7 Å². The highest BCUT2D eigenvalue weighted by molar-refractivity contribution is 5.33. The van der Waals surface area contributed by atoms with Gasteiger partial charge in [-0.3, -0.25) is 0 Å². The molecule has 1 heterocycles. The van der Waals surface area contributed by atoms with Crippen LogP contribution in [0.1, 0.15) is 11.1 Å². The maximum Gasteiger partial charge on any atom is 0.416 e. The zero-order valence-electron chi connectivity index (χ0n) is 10.5. The van der Waals surface area contributed by atoms with E-state index in [4.69, 9.17) is 10.5 Å². The Hall–Kier alpha value is -2.08. The topological polar surface area (TPSA) is 48.1 Å². The second kappa shape index (κ2) is 5.92. The number of benzene rings is 1. The lowest BCUT2D eigenvalue weighted by Gasteiger charge is -2.09. The molecular weight excluding hydrogens is 269 g/mol. The number of pyridine rings is 1. The molecule has 1 aromatic heterocycles. The molecule has 6 heteroatoms. The molecule has 20 heavy (non-hydrogen) atoms. The van der Waals surface area contributed by atoms with E-state index < -0.39 is 11.7 Å². The maximum absolute atomic E-state index is 12.6. The van der Waals surface area contributed by atoms with E-state index in [1.807, 2.05) is 0 Å². The van der Waals surface area contributed by atoms with Crippen LogP contribution in [0.3, 0.4) is 0 Å². The fourth-order valence-corrected chi connectivity index (χ4v) is 1.64. The molecule has 2 aromatic rings. The highest BCUT2D eigenvalue weighted by Crippen LogP contribution is 2.32. The van der Waals surface area contributed by atoms with Crippen LogP contribution in [0.15, 0.2) is 42.6 Å². The Bertz CT molecular complexity index is 567. The number of nitrogens with two attached hydrogens (primary N) is 1. The fraction of sp³-hybridized carbons (Fsp3) is 0.214. The van der Waals surface area contributed by atoms with Gasteiger partial charge in [-0.15, -0.1) is 0 Å². The van der Waals surface area contributed by atoms with Crippen LogP contribution in [0.4, 0.5) is 13.2 Å². The highest BCUT2D eigenvalue weighted by Gasteiger charge is 2.30. The van der Waals surface area contributed by atoms with Crippen LogP contribution in [0.2, 0.25) is 0 Å². The van der Waals surface area contributed by atoms with Gasteiger partial charge >= 0.3 is 6.18 Å². The summed E-state index contributed by atoms with van der Waals surface area (Å²) in [5, 5.41) is 0. The Labute approximate surface area is 114 Å².